The fourth-order valence-electron chi connectivity index (χ4n) is 1.06. The molecule has 1 unspecified atom stereocenters. The minimum atomic E-state index is -0.260. The molecule has 0 N–H and O–H groups in total. The number of rotatable bonds is 6. The maximum atomic E-state index is 10.5. The summed E-state index contributed by atoms with van der Waals surface area (Å²) < 4.78 is 4.77. The molecule has 80 valence electrons. The molecular weight excluding hydrogens is 176 g/mol. The molecule has 0 bridgehead atoms. The van der Waals surface area contributed by atoms with E-state index < -0.39 is 0 Å². The fraction of sp³-hybridized carbons (Fsp3) is 0.583. The lowest BCUT2D eigenvalue weighted by Gasteiger charge is -2.05. The summed E-state index contributed by atoms with van der Waals surface area (Å²) in [4.78, 5) is 10.5. The van der Waals surface area contributed by atoms with E-state index in [2.05, 4.69) is 13.5 Å². The molecule has 0 spiro atoms. The van der Waals surface area contributed by atoms with Crippen LogP contribution in [0, 0.1) is 5.92 Å². The first-order chi connectivity index (χ1) is 6.56. The van der Waals surface area contributed by atoms with E-state index in [1.54, 1.807) is 6.26 Å². The zero-order valence-corrected chi connectivity index (χ0v) is 9.38. The van der Waals surface area contributed by atoms with E-state index >= 15 is 0 Å². The van der Waals surface area contributed by atoms with Gasteiger partial charge in [0.1, 0.15) is 0 Å². The smallest absolute Gasteiger partial charge is 0.307 e. The quantitative estimate of drug-likeness (QED) is 0.369. The standard InChI is InChI=1S/C12H20O2/c1-5-10(2)7-6-8-11(3)9-14-12(4)13/h5,9-10H,1,6-8H2,2-4H3/b11-9+. The molecule has 0 fully saturated rings. The minimum absolute atomic E-state index is 0.260. The van der Waals surface area contributed by atoms with Crippen molar-refractivity contribution in [2.75, 3.05) is 0 Å². The van der Waals surface area contributed by atoms with Crippen molar-refractivity contribution in [3.63, 3.8) is 0 Å². The van der Waals surface area contributed by atoms with Crippen molar-refractivity contribution >= 4 is 5.97 Å². The van der Waals surface area contributed by atoms with Crippen LogP contribution in [0.3, 0.4) is 0 Å². The lowest BCUT2D eigenvalue weighted by atomic mass is 10.0. The summed E-state index contributed by atoms with van der Waals surface area (Å²) in [5.41, 5.74) is 1.11. The molecule has 0 aliphatic carbocycles. The SMILES string of the molecule is C=CC(C)CCC/C(C)=C/OC(C)=O. The Morgan fingerprint density at radius 3 is 2.64 bits per heavy atom. The summed E-state index contributed by atoms with van der Waals surface area (Å²) in [5, 5.41) is 0. The Bertz CT molecular complexity index is 216. The molecule has 0 amide bonds. The van der Waals surface area contributed by atoms with E-state index in [0.717, 1.165) is 24.8 Å². The predicted molar refractivity (Wildman–Crippen MR) is 58.7 cm³/mol. The van der Waals surface area contributed by atoms with Crippen molar-refractivity contribution in [3.8, 4) is 0 Å². The maximum Gasteiger partial charge on any atom is 0.307 e. The highest BCUT2D eigenvalue weighted by Crippen LogP contribution is 2.12. The van der Waals surface area contributed by atoms with Gasteiger partial charge >= 0.3 is 5.97 Å². The van der Waals surface area contributed by atoms with E-state index in [1.165, 1.54) is 6.92 Å². The Labute approximate surface area is 86.6 Å². The van der Waals surface area contributed by atoms with Crippen LogP contribution in [-0.4, -0.2) is 5.97 Å². The van der Waals surface area contributed by atoms with E-state index in [4.69, 9.17) is 4.74 Å². The van der Waals surface area contributed by atoms with Gasteiger partial charge in [-0.25, -0.2) is 0 Å². The first kappa shape index (κ1) is 12.9. The molecule has 1 atom stereocenters. The van der Waals surface area contributed by atoms with E-state index in [0.29, 0.717) is 5.92 Å². The third kappa shape index (κ3) is 7.59. The van der Waals surface area contributed by atoms with Crippen molar-refractivity contribution in [3.05, 3.63) is 24.5 Å². The molecule has 0 radical (unpaired) electrons. The van der Waals surface area contributed by atoms with Crippen molar-refractivity contribution in [1.29, 1.82) is 0 Å². The number of carbonyl (C=O) groups excluding carboxylic acids is 1. The van der Waals surface area contributed by atoms with Crippen LogP contribution in [-0.2, 0) is 9.53 Å². The van der Waals surface area contributed by atoms with Crippen LogP contribution in [0.2, 0.25) is 0 Å². The largest absolute Gasteiger partial charge is 0.435 e. The van der Waals surface area contributed by atoms with Crippen LogP contribution in [0.4, 0.5) is 0 Å². The highest BCUT2D eigenvalue weighted by Gasteiger charge is 1.97. The van der Waals surface area contributed by atoms with Crippen molar-refractivity contribution in [2.24, 2.45) is 5.92 Å². The molecule has 2 nitrogen and oxygen atoms in total. The zero-order valence-electron chi connectivity index (χ0n) is 9.38. The molecule has 14 heavy (non-hydrogen) atoms. The second-order valence-corrected chi connectivity index (χ2v) is 3.68. The summed E-state index contributed by atoms with van der Waals surface area (Å²) in [6.07, 6.45) is 6.73. The lowest BCUT2D eigenvalue weighted by Crippen LogP contribution is -1.93. The van der Waals surface area contributed by atoms with Crippen LogP contribution in [0.25, 0.3) is 0 Å². The summed E-state index contributed by atoms with van der Waals surface area (Å²) in [7, 11) is 0. The predicted octanol–water partition coefficient (Wildman–Crippen LogP) is 3.45. The Hall–Kier alpha value is -1.05. The monoisotopic (exact) mass is 196 g/mol. The van der Waals surface area contributed by atoms with Gasteiger partial charge in [0.05, 0.1) is 6.26 Å². The number of carbonyl (C=O) groups is 1. The second kappa shape index (κ2) is 7.36. The highest BCUT2D eigenvalue weighted by atomic mass is 16.5. The average molecular weight is 196 g/mol. The lowest BCUT2D eigenvalue weighted by molar-refractivity contribution is -0.135. The van der Waals surface area contributed by atoms with Gasteiger partial charge in [-0.15, -0.1) is 6.58 Å². The van der Waals surface area contributed by atoms with Crippen LogP contribution in [0.15, 0.2) is 24.5 Å². The number of hydrogen-bond acceptors (Lipinski definition) is 2. The Morgan fingerprint density at radius 2 is 2.14 bits per heavy atom. The first-order valence-electron chi connectivity index (χ1n) is 5.01. The maximum absolute atomic E-state index is 10.5. The summed E-state index contributed by atoms with van der Waals surface area (Å²) in [6.45, 7) is 9.26. The van der Waals surface area contributed by atoms with Gasteiger partial charge in [0.25, 0.3) is 0 Å². The molecule has 0 aliphatic heterocycles. The number of esters is 1. The van der Waals surface area contributed by atoms with Crippen molar-refractivity contribution in [1.82, 2.24) is 0 Å². The summed E-state index contributed by atoms with van der Waals surface area (Å²) in [6, 6.07) is 0. The molecule has 0 aromatic carbocycles. The van der Waals surface area contributed by atoms with Gasteiger partial charge in [-0.3, -0.25) is 4.79 Å². The van der Waals surface area contributed by atoms with E-state index in [-0.39, 0.29) is 5.97 Å². The molecule has 0 saturated heterocycles. The number of ether oxygens (including phenoxy) is 1. The third-order valence-electron chi connectivity index (χ3n) is 2.06. The van der Waals surface area contributed by atoms with Crippen LogP contribution < -0.4 is 0 Å². The van der Waals surface area contributed by atoms with Crippen LogP contribution >= 0.6 is 0 Å². The normalized spacial score (nSPS) is 13.5. The van der Waals surface area contributed by atoms with E-state index in [9.17, 15) is 4.79 Å². The Kier molecular flexibility index (Phi) is 6.81. The van der Waals surface area contributed by atoms with Gasteiger partial charge in [0, 0.05) is 6.92 Å². The highest BCUT2D eigenvalue weighted by molar-refractivity contribution is 5.66. The number of allylic oxidation sites excluding steroid dienone is 2. The topological polar surface area (TPSA) is 26.3 Å². The molecule has 0 heterocycles. The molecule has 0 saturated carbocycles. The van der Waals surface area contributed by atoms with Crippen LogP contribution in [0.5, 0.6) is 0 Å². The summed E-state index contributed by atoms with van der Waals surface area (Å²) >= 11 is 0. The first-order valence-corrected chi connectivity index (χ1v) is 5.01. The second-order valence-electron chi connectivity index (χ2n) is 3.68. The van der Waals surface area contributed by atoms with Gasteiger partial charge in [0.15, 0.2) is 0 Å². The van der Waals surface area contributed by atoms with Crippen LogP contribution in [0.1, 0.15) is 40.0 Å². The molecule has 0 aromatic heterocycles. The third-order valence-corrected chi connectivity index (χ3v) is 2.06. The molecular formula is C12H20O2. The van der Waals surface area contributed by atoms with Crippen molar-refractivity contribution < 1.29 is 9.53 Å². The zero-order chi connectivity index (χ0) is 11.0. The van der Waals surface area contributed by atoms with Gasteiger partial charge in [0.2, 0.25) is 0 Å². The van der Waals surface area contributed by atoms with Crippen molar-refractivity contribution in [2.45, 2.75) is 40.0 Å². The van der Waals surface area contributed by atoms with E-state index in [1.807, 2.05) is 13.0 Å². The molecule has 2 heteroatoms. The average Bonchev–Trinajstić information content (AvgIpc) is 2.14. The Morgan fingerprint density at radius 1 is 1.50 bits per heavy atom. The van der Waals surface area contributed by atoms with Gasteiger partial charge < -0.3 is 4.74 Å². The molecule has 0 aromatic rings. The van der Waals surface area contributed by atoms with Gasteiger partial charge in [-0.05, 0) is 37.7 Å². The molecule has 0 aliphatic rings. The van der Waals surface area contributed by atoms with Gasteiger partial charge in [-0.2, -0.15) is 0 Å². The van der Waals surface area contributed by atoms with Gasteiger partial charge in [-0.1, -0.05) is 13.0 Å². The summed E-state index contributed by atoms with van der Waals surface area (Å²) in [5.74, 6) is 0.306. The fourth-order valence-corrected chi connectivity index (χ4v) is 1.06. The minimum Gasteiger partial charge on any atom is -0.435 e. The Balaban J connectivity index is 3.62. The molecule has 0 rings (SSSR count). The number of hydrogen-bond donors (Lipinski definition) is 0.